The number of carbonyl (C=O) groups is 4. The Kier molecular flexibility index (Phi) is 8.02. The fourth-order valence-corrected chi connectivity index (χ4v) is 3.84. The monoisotopic (exact) mass is 480 g/mol. The number of carbonyl (C=O) groups excluding carboxylic acids is 4. The summed E-state index contributed by atoms with van der Waals surface area (Å²) in [6.45, 7) is 2.14. The van der Waals surface area contributed by atoms with E-state index < -0.39 is 75.4 Å². The van der Waals surface area contributed by atoms with Crippen molar-refractivity contribution in [3.05, 3.63) is 0 Å². The van der Waals surface area contributed by atoms with Gasteiger partial charge in [0, 0.05) is 27.7 Å². The zero-order valence-corrected chi connectivity index (χ0v) is 17.3. The third-order valence-electron chi connectivity index (χ3n) is 3.76. The van der Waals surface area contributed by atoms with Crippen molar-refractivity contribution < 1.29 is 69.6 Å². The molecule has 0 aromatic rings. The summed E-state index contributed by atoms with van der Waals surface area (Å²) in [6, 6.07) is 0. The van der Waals surface area contributed by atoms with Gasteiger partial charge in [-0.2, -0.15) is 13.2 Å². The molecule has 0 aromatic heterocycles. The molecular weight excluding hydrogens is 461 g/mol. The summed E-state index contributed by atoms with van der Waals surface area (Å²) in [7, 11) is -6.73. The van der Waals surface area contributed by atoms with Crippen molar-refractivity contribution in [2.45, 2.75) is 62.7 Å². The molecule has 1 N–H and O–H groups in total. The highest BCUT2D eigenvalue weighted by molar-refractivity contribution is 7.93. The molecule has 1 heterocycles. The van der Waals surface area contributed by atoms with Crippen LogP contribution in [0.15, 0.2) is 0 Å². The van der Waals surface area contributed by atoms with Gasteiger partial charge in [0.05, 0.1) is 0 Å². The van der Waals surface area contributed by atoms with Gasteiger partial charge in [-0.1, -0.05) is 0 Å². The third-order valence-corrected chi connectivity index (χ3v) is 5.66. The molecule has 1 fully saturated rings. The van der Waals surface area contributed by atoms with Gasteiger partial charge in [-0.05, 0) is 0 Å². The Labute approximate surface area is 173 Å². The van der Waals surface area contributed by atoms with E-state index >= 15 is 0 Å². The molecule has 1 rings (SSSR count). The van der Waals surface area contributed by atoms with Crippen LogP contribution in [-0.4, -0.2) is 79.1 Å². The highest BCUT2D eigenvalue weighted by Crippen LogP contribution is 2.44. The van der Waals surface area contributed by atoms with E-state index in [1.807, 2.05) is 0 Å². The minimum Gasteiger partial charge on any atom is -0.463 e. The number of esters is 4. The van der Waals surface area contributed by atoms with Crippen LogP contribution in [0, 0.1) is 0 Å². The van der Waals surface area contributed by atoms with E-state index in [2.05, 4.69) is 14.2 Å². The summed E-state index contributed by atoms with van der Waals surface area (Å²) in [5.41, 5.74) is -6.16. The topological polar surface area (TPSA) is 169 Å². The number of hydrogen-bond acceptors (Lipinski definition) is 12. The summed E-state index contributed by atoms with van der Waals surface area (Å²) in [5, 5.41) is 10.7. The smallest absolute Gasteiger partial charge is 0.463 e. The lowest BCUT2D eigenvalue weighted by molar-refractivity contribution is -0.311. The highest BCUT2D eigenvalue weighted by atomic mass is 32.2. The Morgan fingerprint density at radius 1 is 0.935 bits per heavy atom. The van der Waals surface area contributed by atoms with E-state index in [0.29, 0.717) is 13.8 Å². The molecule has 31 heavy (non-hydrogen) atoms. The second kappa shape index (κ2) is 9.35. The number of alkyl halides is 3. The second-order valence-electron chi connectivity index (χ2n) is 6.22. The van der Waals surface area contributed by atoms with Crippen LogP contribution in [-0.2, 0) is 52.7 Å². The van der Waals surface area contributed by atoms with E-state index in [-0.39, 0.29) is 0 Å². The Hall–Kier alpha value is -2.46. The van der Waals surface area contributed by atoms with Crippen molar-refractivity contribution in [2.75, 3.05) is 6.61 Å². The zero-order chi connectivity index (χ0) is 24.4. The lowest BCUT2D eigenvalue weighted by Gasteiger charge is -2.48. The van der Waals surface area contributed by atoms with Gasteiger partial charge in [-0.25, -0.2) is 8.42 Å². The molecule has 0 aliphatic carbocycles. The largest absolute Gasteiger partial charge is 0.500 e. The highest BCUT2D eigenvalue weighted by Gasteiger charge is 2.74. The van der Waals surface area contributed by atoms with E-state index in [1.165, 1.54) is 0 Å². The average molecular weight is 480 g/mol. The predicted molar refractivity (Wildman–Crippen MR) is 88.1 cm³/mol. The maximum Gasteiger partial charge on any atom is 0.500 e. The fraction of sp³-hybridized carbons (Fsp3) is 0.733. The standard InChI is InChI=1S/C15H19F3O12S/c1-6(19)26-5-10-11(27-7(2)20)12(28-8(3)21)14(23,13(30-10)29-9(4)22)31(24,25)15(16,17)18/h10-13,23H,5H2,1-4H3/t10-,11-,12+,13+,14-/m1/s1. The molecule has 1 aliphatic rings. The van der Waals surface area contributed by atoms with E-state index in [4.69, 9.17) is 9.47 Å². The molecule has 0 aromatic carbocycles. The Bertz CT molecular complexity index is 839. The second-order valence-corrected chi connectivity index (χ2v) is 8.35. The molecule has 0 saturated carbocycles. The van der Waals surface area contributed by atoms with Crippen LogP contribution in [0.25, 0.3) is 0 Å². The molecule has 0 spiro atoms. The van der Waals surface area contributed by atoms with Gasteiger partial charge in [0.1, 0.15) is 12.7 Å². The first-order valence-electron chi connectivity index (χ1n) is 8.28. The molecule has 12 nitrogen and oxygen atoms in total. The first-order valence-corrected chi connectivity index (χ1v) is 9.77. The van der Waals surface area contributed by atoms with Crippen molar-refractivity contribution in [2.24, 2.45) is 0 Å². The average Bonchev–Trinajstić information content (AvgIpc) is 2.56. The predicted octanol–water partition coefficient (Wildman–Crippen LogP) is -0.676. The Morgan fingerprint density at radius 3 is 1.81 bits per heavy atom. The van der Waals surface area contributed by atoms with Crippen molar-refractivity contribution in [1.29, 1.82) is 0 Å². The summed E-state index contributed by atoms with van der Waals surface area (Å²) >= 11 is 0. The number of sulfone groups is 1. The first kappa shape index (κ1) is 26.6. The van der Waals surface area contributed by atoms with Gasteiger partial charge >= 0.3 is 29.4 Å². The number of halogens is 3. The third kappa shape index (κ3) is 5.62. The van der Waals surface area contributed by atoms with E-state index in [1.54, 1.807) is 0 Å². The summed E-state index contributed by atoms with van der Waals surface area (Å²) < 4.78 is 87.9. The molecule has 178 valence electrons. The van der Waals surface area contributed by atoms with Gasteiger partial charge in [-0.3, -0.25) is 19.2 Å². The SMILES string of the molecule is CC(=O)OC[C@H]1O[C@H](OC(C)=O)[C@](O)(S(=O)(=O)C(F)(F)F)[C@@H](OC(C)=O)[C@@H]1OC(C)=O. The van der Waals surface area contributed by atoms with E-state index in [9.17, 15) is 45.9 Å². The molecule has 0 unspecified atom stereocenters. The maximum absolute atomic E-state index is 13.4. The molecule has 0 radical (unpaired) electrons. The number of rotatable bonds is 6. The van der Waals surface area contributed by atoms with Gasteiger partial charge in [-0.15, -0.1) is 0 Å². The van der Waals surface area contributed by atoms with Crippen LogP contribution in [0.3, 0.4) is 0 Å². The van der Waals surface area contributed by atoms with Crippen LogP contribution < -0.4 is 0 Å². The minimum atomic E-state index is -6.73. The van der Waals surface area contributed by atoms with Gasteiger partial charge in [0.25, 0.3) is 21.1 Å². The number of ether oxygens (including phenoxy) is 5. The van der Waals surface area contributed by atoms with Crippen LogP contribution >= 0.6 is 0 Å². The molecule has 5 atom stereocenters. The van der Waals surface area contributed by atoms with Crippen molar-refractivity contribution in [3.8, 4) is 0 Å². The zero-order valence-electron chi connectivity index (χ0n) is 16.5. The lowest BCUT2D eigenvalue weighted by atomic mass is 9.97. The normalized spacial score (nSPS) is 28.9. The number of aliphatic hydroxyl groups is 1. The minimum absolute atomic E-state index is 0.656. The van der Waals surface area contributed by atoms with Gasteiger partial charge in [0.15, 0.2) is 12.2 Å². The molecule has 16 heteroatoms. The summed E-state index contributed by atoms with van der Waals surface area (Å²) in [6.07, 6.45) is -9.77. The molecule has 1 saturated heterocycles. The Morgan fingerprint density at radius 2 is 1.42 bits per heavy atom. The molecule has 0 bridgehead atoms. The molecule has 0 amide bonds. The van der Waals surface area contributed by atoms with Gasteiger partial charge in [0.2, 0.25) is 0 Å². The van der Waals surface area contributed by atoms with Crippen LogP contribution in [0.1, 0.15) is 27.7 Å². The summed E-state index contributed by atoms with van der Waals surface area (Å²) in [5.74, 6) is -4.93. The van der Waals surface area contributed by atoms with Crippen LogP contribution in [0.2, 0.25) is 0 Å². The Balaban J connectivity index is 3.78. The number of hydrogen-bond donors (Lipinski definition) is 1. The lowest BCUT2D eigenvalue weighted by Crippen LogP contribution is -2.73. The van der Waals surface area contributed by atoms with Gasteiger partial charge < -0.3 is 28.8 Å². The van der Waals surface area contributed by atoms with Crippen LogP contribution in [0.5, 0.6) is 0 Å². The first-order chi connectivity index (χ1) is 13.9. The van der Waals surface area contributed by atoms with Crippen LogP contribution in [0.4, 0.5) is 13.2 Å². The fourth-order valence-electron chi connectivity index (χ4n) is 2.62. The van der Waals surface area contributed by atoms with Crippen molar-refractivity contribution in [1.82, 2.24) is 0 Å². The van der Waals surface area contributed by atoms with E-state index in [0.717, 1.165) is 13.8 Å². The maximum atomic E-state index is 13.4. The summed E-state index contributed by atoms with van der Waals surface area (Å²) in [4.78, 5) is 41.2. The molecule has 1 aliphatic heterocycles. The molecular formula is C15H19F3O12S. The van der Waals surface area contributed by atoms with Crippen molar-refractivity contribution in [3.63, 3.8) is 0 Å². The quantitative estimate of drug-likeness (QED) is 0.376. The van der Waals surface area contributed by atoms with Crippen molar-refractivity contribution >= 4 is 33.7 Å².